The molecule has 0 aromatic heterocycles. The third-order valence-electron chi connectivity index (χ3n) is 3.32. The molecule has 0 N–H and O–H groups in total. The minimum atomic E-state index is -0.758. The van der Waals surface area contributed by atoms with Gasteiger partial charge in [0.15, 0.2) is 0 Å². The standard InChI is InChI=1S/C14H16ClNO3/c1-19-14(18)11-8-5-9-16(11)13(17)12(15)10-6-3-2-4-7-10/h2-4,6-7,11-12H,5,8-9H2,1H3. The monoisotopic (exact) mass is 281 g/mol. The first-order chi connectivity index (χ1) is 9.15. The maximum Gasteiger partial charge on any atom is 0.328 e. The minimum Gasteiger partial charge on any atom is -0.467 e. The summed E-state index contributed by atoms with van der Waals surface area (Å²) < 4.78 is 4.72. The van der Waals surface area contributed by atoms with Gasteiger partial charge in [0.1, 0.15) is 11.4 Å². The molecule has 0 aliphatic carbocycles. The zero-order valence-electron chi connectivity index (χ0n) is 10.7. The van der Waals surface area contributed by atoms with Crippen molar-refractivity contribution in [3.63, 3.8) is 0 Å². The normalized spacial score (nSPS) is 20.1. The molecule has 2 atom stereocenters. The Hall–Kier alpha value is -1.55. The fourth-order valence-electron chi connectivity index (χ4n) is 2.32. The second-order valence-electron chi connectivity index (χ2n) is 4.49. The number of likely N-dealkylation sites (tertiary alicyclic amines) is 1. The van der Waals surface area contributed by atoms with Crippen molar-refractivity contribution < 1.29 is 14.3 Å². The first-order valence-corrected chi connectivity index (χ1v) is 6.66. The quantitative estimate of drug-likeness (QED) is 0.630. The van der Waals surface area contributed by atoms with E-state index in [1.165, 1.54) is 12.0 Å². The Bertz CT molecular complexity index is 463. The number of rotatable bonds is 3. The molecule has 1 aromatic rings. The number of nitrogens with zero attached hydrogens (tertiary/aromatic N) is 1. The van der Waals surface area contributed by atoms with E-state index in [1.54, 1.807) is 12.1 Å². The number of carbonyl (C=O) groups excluding carboxylic acids is 2. The van der Waals surface area contributed by atoms with Crippen LogP contribution >= 0.6 is 11.6 Å². The SMILES string of the molecule is COC(=O)C1CCCN1C(=O)C(Cl)c1ccccc1. The first-order valence-electron chi connectivity index (χ1n) is 6.22. The lowest BCUT2D eigenvalue weighted by Gasteiger charge is -2.25. The van der Waals surface area contributed by atoms with Crippen LogP contribution in [0.25, 0.3) is 0 Å². The molecule has 0 spiro atoms. The van der Waals surface area contributed by atoms with Gasteiger partial charge < -0.3 is 9.64 Å². The highest BCUT2D eigenvalue weighted by Crippen LogP contribution is 2.27. The van der Waals surface area contributed by atoms with Crippen LogP contribution in [0.4, 0.5) is 0 Å². The van der Waals surface area contributed by atoms with Crippen molar-refractivity contribution in [2.45, 2.75) is 24.3 Å². The van der Waals surface area contributed by atoms with E-state index in [4.69, 9.17) is 16.3 Å². The molecule has 0 radical (unpaired) electrons. The van der Waals surface area contributed by atoms with Crippen LogP contribution in [0.5, 0.6) is 0 Å². The lowest BCUT2D eigenvalue weighted by Crippen LogP contribution is -2.42. The van der Waals surface area contributed by atoms with Crippen molar-refractivity contribution in [3.8, 4) is 0 Å². The number of benzene rings is 1. The summed E-state index contributed by atoms with van der Waals surface area (Å²) in [7, 11) is 1.33. The molecule has 5 heteroatoms. The first kappa shape index (κ1) is 13.9. The average Bonchev–Trinajstić information content (AvgIpc) is 2.95. The van der Waals surface area contributed by atoms with Gasteiger partial charge in [-0.15, -0.1) is 11.6 Å². The van der Waals surface area contributed by atoms with Crippen LogP contribution in [0.15, 0.2) is 30.3 Å². The predicted molar refractivity (Wildman–Crippen MR) is 71.8 cm³/mol. The molecule has 102 valence electrons. The van der Waals surface area contributed by atoms with Gasteiger partial charge in [0.05, 0.1) is 7.11 Å². The summed E-state index contributed by atoms with van der Waals surface area (Å²) in [6.07, 6.45) is 1.43. The minimum absolute atomic E-state index is 0.235. The molecule has 2 unspecified atom stereocenters. The number of hydrogen-bond donors (Lipinski definition) is 0. The fraction of sp³-hybridized carbons (Fsp3) is 0.429. The molecule has 1 saturated heterocycles. The van der Waals surface area contributed by atoms with E-state index in [0.29, 0.717) is 13.0 Å². The zero-order valence-corrected chi connectivity index (χ0v) is 11.5. The number of methoxy groups -OCH3 is 1. The van der Waals surface area contributed by atoms with E-state index >= 15 is 0 Å². The van der Waals surface area contributed by atoms with Crippen LogP contribution in [-0.4, -0.2) is 36.5 Å². The lowest BCUT2D eigenvalue weighted by atomic mass is 10.1. The molecule has 1 heterocycles. The average molecular weight is 282 g/mol. The molecule has 1 amide bonds. The molecule has 4 nitrogen and oxygen atoms in total. The van der Waals surface area contributed by atoms with E-state index < -0.39 is 11.4 Å². The Kier molecular flexibility index (Phi) is 4.43. The lowest BCUT2D eigenvalue weighted by molar-refractivity contribution is -0.150. The number of amides is 1. The molecule has 1 aromatic carbocycles. The zero-order chi connectivity index (χ0) is 13.8. The van der Waals surface area contributed by atoms with Gasteiger partial charge in [-0.1, -0.05) is 30.3 Å². The van der Waals surface area contributed by atoms with E-state index in [1.807, 2.05) is 18.2 Å². The molecule has 0 bridgehead atoms. The van der Waals surface area contributed by atoms with Crippen molar-refractivity contribution in [3.05, 3.63) is 35.9 Å². The maximum absolute atomic E-state index is 12.4. The van der Waals surface area contributed by atoms with Crippen molar-refractivity contribution in [1.82, 2.24) is 4.90 Å². The Balaban J connectivity index is 2.13. The van der Waals surface area contributed by atoms with Crippen LogP contribution in [0, 0.1) is 0 Å². The smallest absolute Gasteiger partial charge is 0.328 e. The Morgan fingerprint density at radius 2 is 2.05 bits per heavy atom. The Labute approximate surface area is 117 Å². The summed E-state index contributed by atoms with van der Waals surface area (Å²) in [5.41, 5.74) is 0.740. The van der Waals surface area contributed by atoms with Gasteiger partial charge in [-0.3, -0.25) is 4.79 Å². The highest BCUT2D eigenvalue weighted by atomic mass is 35.5. The summed E-state index contributed by atoms with van der Waals surface area (Å²) in [6.45, 7) is 0.550. The number of esters is 1. The summed E-state index contributed by atoms with van der Waals surface area (Å²) in [5.74, 6) is -0.608. The summed E-state index contributed by atoms with van der Waals surface area (Å²) in [5, 5.41) is -0.758. The van der Waals surface area contributed by atoms with Gasteiger partial charge in [-0.05, 0) is 18.4 Å². The molecule has 1 fully saturated rings. The van der Waals surface area contributed by atoms with E-state index in [-0.39, 0.29) is 11.9 Å². The van der Waals surface area contributed by atoms with Crippen molar-refractivity contribution in [2.75, 3.05) is 13.7 Å². The number of alkyl halides is 1. The largest absolute Gasteiger partial charge is 0.467 e. The number of ether oxygens (including phenoxy) is 1. The molecule has 2 rings (SSSR count). The van der Waals surface area contributed by atoms with Gasteiger partial charge >= 0.3 is 5.97 Å². The van der Waals surface area contributed by atoms with E-state index in [0.717, 1.165) is 12.0 Å². The van der Waals surface area contributed by atoms with Crippen LogP contribution in [0.3, 0.4) is 0 Å². The summed E-state index contributed by atoms with van der Waals surface area (Å²) in [4.78, 5) is 25.5. The second kappa shape index (κ2) is 6.06. The van der Waals surface area contributed by atoms with Gasteiger partial charge in [-0.2, -0.15) is 0 Å². The molecule has 1 aliphatic rings. The van der Waals surface area contributed by atoms with E-state index in [2.05, 4.69) is 0 Å². The molecule has 1 aliphatic heterocycles. The van der Waals surface area contributed by atoms with Crippen molar-refractivity contribution in [2.24, 2.45) is 0 Å². The Morgan fingerprint density at radius 3 is 2.68 bits per heavy atom. The highest BCUT2D eigenvalue weighted by molar-refractivity contribution is 6.30. The number of halogens is 1. The highest BCUT2D eigenvalue weighted by Gasteiger charge is 2.37. The third kappa shape index (κ3) is 2.89. The predicted octanol–water partition coefficient (Wildman–Crippen LogP) is 2.13. The maximum atomic E-state index is 12.4. The molecule has 19 heavy (non-hydrogen) atoms. The third-order valence-corrected chi connectivity index (χ3v) is 3.76. The summed E-state index contributed by atoms with van der Waals surface area (Å²) >= 11 is 6.21. The van der Waals surface area contributed by atoms with Gasteiger partial charge in [-0.25, -0.2) is 4.79 Å². The second-order valence-corrected chi connectivity index (χ2v) is 4.92. The molecular formula is C14H16ClNO3. The van der Waals surface area contributed by atoms with E-state index in [9.17, 15) is 9.59 Å². The van der Waals surface area contributed by atoms with Crippen molar-refractivity contribution in [1.29, 1.82) is 0 Å². The Morgan fingerprint density at radius 1 is 1.37 bits per heavy atom. The number of hydrogen-bond acceptors (Lipinski definition) is 3. The van der Waals surface area contributed by atoms with Crippen LogP contribution in [-0.2, 0) is 14.3 Å². The summed E-state index contributed by atoms with van der Waals surface area (Å²) in [6, 6.07) is 8.64. The van der Waals surface area contributed by atoms with Crippen LogP contribution in [0.1, 0.15) is 23.8 Å². The molecular weight excluding hydrogens is 266 g/mol. The van der Waals surface area contributed by atoms with Crippen molar-refractivity contribution >= 4 is 23.5 Å². The molecule has 0 saturated carbocycles. The fourth-order valence-corrected chi connectivity index (χ4v) is 2.59. The van der Waals surface area contributed by atoms with Crippen LogP contribution in [0.2, 0.25) is 0 Å². The number of carbonyl (C=O) groups is 2. The van der Waals surface area contributed by atoms with Gasteiger partial charge in [0.25, 0.3) is 0 Å². The van der Waals surface area contributed by atoms with Gasteiger partial charge in [0.2, 0.25) is 5.91 Å². The van der Waals surface area contributed by atoms with Crippen LogP contribution < -0.4 is 0 Å². The topological polar surface area (TPSA) is 46.6 Å². The van der Waals surface area contributed by atoms with Gasteiger partial charge in [0, 0.05) is 6.54 Å².